The van der Waals surface area contributed by atoms with E-state index in [0.29, 0.717) is 32.8 Å². The molecular formula is C27H29FNO5-. The Balaban J connectivity index is 1.46. The molecule has 3 aromatic rings. The average molecular weight is 467 g/mol. The third-order valence-electron chi connectivity index (χ3n) is 6.22. The van der Waals surface area contributed by atoms with Crippen molar-refractivity contribution in [2.75, 3.05) is 33.4 Å². The zero-order valence-electron chi connectivity index (χ0n) is 19.2. The van der Waals surface area contributed by atoms with Crippen LogP contribution >= 0.6 is 0 Å². The van der Waals surface area contributed by atoms with Gasteiger partial charge >= 0.3 is 0 Å². The summed E-state index contributed by atoms with van der Waals surface area (Å²) in [5, 5.41) is 13.6. The maximum Gasteiger partial charge on any atom is 0.137 e. The number of benzene rings is 3. The summed E-state index contributed by atoms with van der Waals surface area (Å²) < 4.78 is 30.5. The molecule has 7 heteroatoms. The van der Waals surface area contributed by atoms with E-state index < -0.39 is 6.09 Å². The van der Waals surface area contributed by atoms with Gasteiger partial charge < -0.3 is 29.0 Å². The first kappa shape index (κ1) is 24.0. The number of halogens is 1. The molecule has 0 aromatic heterocycles. The molecule has 1 heterocycles. The molecule has 0 bridgehead atoms. The molecule has 0 saturated carbocycles. The highest BCUT2D eigenvalue weighted by Crippen LogP contribution is 2.31. The van der Waals surface area contributed by atoms with E-state index in [1.807, 2.05) is 30.3 Å². The molecule has 2 unspecified atom stereocenters. The molecule has 1 saturated heterocycles. The zero-order chi connectivity index (χ0) is 23.9. The highest BCUT2D eigenvalue weighted by Gasteiger charge is 2.31. The molecule has 34 heavy (non-hydrogen) atoms. The van der Waals surface area contributed by atoms with Crippen molar-refractivity contribution < 1.29 is 28.5 Å². The minimum Gasteiger partial charge on any atom is -0.530 e. The maximum atomic E-state index is 13.4. The first-order valence-corrected chi connectivity index (χ1v) is 11.5. The van der Waals surface area contributed by atoms with Crippen LogP contribution in [0.2, 0.25) is 0 Å². The van der Waals surface area contributed by atoms with Crippen LogP contribution in [0.15, 0.2) is 60.7 Å². The van der Waals surface area contributed by atoms with Gasteiger partial charge in [0.1, 0.15) is 17.7 Å². The predicted molar refractivity (Wildman–Crippen MR) is 125 cm³/mol. The van der Waals surface area contributed by atoms with Crippen molar-refractivity contribution in [2.24, 2.45) is 0 Å². The lowest BCUT2D eigenvalue weighted by atomic mass is 9.87. The summed E-state index contributed by atoms with van der Waals surface area (Å²) >= 11 is 0. The van der Waals surface area contributed by atoms with Gasteiger partial charge in [0.25, 0.3) is 0 Å². The summed E-state index contributed by atoms with van der Waals surface area (Å²) in [6, 6.07) is 18.4. The molecule has 180 valence electrons. The van der Waals surface area contributed by atoms with Crippen LogP contribution in [0.4, 0.5) is 9.18 Å². The quantitative estimate of drug-likeness (QED) is 0.444. The molecule has 6 nitrogen and oxygen atoms in total. The van der Waals surface area contributed by atoms with Crippen molar-refractivity contribution in [1.82, 2.24) is 4.90 Å². The van der Waals surface area contributed by atoms with Crippen molar-refractivity contribution in [3.8, 4) is 5.75 Å². The van der Waals surface area contributed by atoms with E-state index in [1.165, 1.54) is 17.0 Å². The van der Waals surface area contributed by atoms with Gasteiger partial charge in [-0.15, -0.1) is 0 Å². The van der Waals surface area contributed by atoms with Gasteiger partial charge in [0.05, 0.1) is 19.3 Å². The van der Waals surface area contributed by atoms with Gasteiger partial charge in [0.15, 0.2) is 0 Å². The minimum atomic E-state index is -1.20. The van der Waals surface area contributed by atoms with Crippen LogP contribution in [0.3, 0.4) is 0 Å². The van der Waals surface area contributed by atoms with Gasteiger partial charge in [0, 0.05) is 39.1 Å². The Morgan fingerprint density at radius 2 is 1.85 bits per heavy atom. The number of piperidine rings is 1. The Labute approximate surface area is 198 Å². The maximum absolute atomic E-state index is 13.4. The number of methoxy groups -OCH3 is 1. The number of carboxylic acid groups (broad SMARTS) is 1. The third-order valence-corrected chi connectivity index (χ3v) is 6.22. The number of carbonyl (C=O) groups is 1. The number of carbonyl (C=O) groups excluding carboxylic acids is 1. The number of hydrogen-bond acceptors (Lipinski definition) is 5. The Morgan fingerprint density at radius 1 is 1.06 bits per heavy atom. The van der Waals surface area contributed by atoms with E-state index in [9.17, 15) is 14.3 Å². The molecule has 0 radical (unpaired) electrons. The Morgan fingerprint density at radius 3 is 2.62 bits per heavy atom. The van der Waals surface area contributed by atoms with Gasteiger partial charge in [-0.2, -0.15) is 0 Å². The van der Waals surface area contributed by atoms with Crippen LogP contribution in [0.1, 0.15) is 29.9 Å². The summed E-state index contributed by atoms with van der Waals surface area (Å²) in [6.45, 7) is 2.16. The molecule has 0 N–H and O–H groups in total. The molecule has 2 atom stereocenters. The summed E-state index contributed by atoms with van der Waals surface area (Å²) in [5.74, 6) is 0.477. The number of likely N-dealkylation sites (tertiary alicyclic amines) is 1. The highest BCUT2D eigenvalue weighted by atomic mass is 19.1. The molecule has 4 rings (SSSR count). The van der Waals surface area contributed by atoms with Crippen molar-refractivity contribution in [2.45, 2.75) is 31.5 Å². The first-order valence-electron chi connectivity index (χ1n) is 11.5. The molecule has 1 fully saturated rings. The fourth-order valence-corrected chi connectivity index (χ4v) is 4.39. The van der Waals surface area contributed by atoms with Crippen molar-refractivity contribution in [3.05, 3.63) is 77.6 Å². The smallest absolute Gasteiger partial charge is 0.137 e. The van der Waals surface area contributed by atoms with Crippen molar-refractivity contribution >= 4 is 16.9 Å². The Bertz CT molecular complexity index is 1100. The monoisotopic (exact) mass is 466 g/mol. The minimum absolute atomic E-state index is 0.0243. The molecule has 1 aliphatic rings. The lowest BCUT2D eigenvalue weighted by molar-refractivity contribution is -0.268. The first-order chi connectivity index (χ1) is 16.5. The van der Waals surface area contributed by atoms with E-state index in [-0.39, 0.29) is 24.4 Å². The largest absolute Gasteiger partial charge is 0.530 e. The van der Waals surface area contributed by atoms with Crippen LogP contribution in [-0.2, 0) is 16.1 Å². The second-order valence-corrected chi connectivity index (χ2v) is 8.55. The van der Waals surface area contributed by atoms with Crippen LogP contribution in [-0.4, -0.2) is 50.5 Å². The SMILES string of the molecule is COCCCOc1ccc2ccc(COC3CN(C(=O)[O-])CCC3c3ccc(F)cc3)cc2c1. The van der Waals surface area contributed by atoms with Gasteiger partial charge in [-0.05, 0) is 58.7 Å². The summed E-state index contributed by atoms with van der Waals surface area (Å²) in [6.07, 6.45) is -0.147. The number of ether oxygens (including phenoxy) is 3. The average Bonchev–Trinajstić information content (AvgIpc) is 2.85. The van der Waals surface area contributed by atoms with Crippen LogP contribution in [0.5, 0.6) is 5.75 Å². The summed E-state index contributed by atoms with van der Waals surface area (Å²) in [4.78, 5) is 12.7. The number of fused-ring (bicyclic) bond motifs is 1. The van der Waals surface area contributed by atoms with Crippen LogP contribution in [0, 0.1) is 5.82 Å². The second-order valence-electron chi connectivity index (χ2n) is 8.55. The lowest BCUT2D eigenvalue weighted by Crippen LogP contribution is -2.51. The number of rotatable bonds is 9. The lowest BCUT2D eigenvalue weighted by Gasteiger charge is -2.40. The van der Waals surface area contributed by atoms with E-state index in [0.717, 1.165) is 34.1 Å². The molecular weight excluding hydrogens is 437 g/mol. The molecule has 1 aliphatic heterocycles. The van der Waals surface area contributed by atoms with Crippen molar-refractivity contribution in [1.29, 1.82) is 0 Å². The van der Waals surface area contributed by atoms with E-state index in [2.05, 4.69) is 6.07 Å². The van der Waals surface area contributed by atoms with E-state index in [1.54, 1.807) is 19.2 Å². The van der Waals surface area contributed by atoms with Gasteiger partial charge in [0.2, 0.25) is 0 Å². The van der Waals surface area contributed by atoms with E-state index >= 15 is 0 Å². The standard InChI is InChI=1S/C27H30FNO5/c1-32-13-2-14-33-24-10-7-20-4-3-19(15-22(20)16-24)18-34-26-17-29(27(30)31)12-11-25(26)21-5-8-23(28)9-6-21/h3-10,15-16,25-26H,2,11-14,17-18H2,1H3,(H,30,31)/p-1. The predicted octanol–water partition coefficient (Wildman–Crippen LogP) is 4.11. The summed E-state index contributed by atoms with van der Waals surface area (Å²) in [7, 11) is 1.67. The van der Waals surface area contributed by atoms with Crippen molar-refractivity contribution in [3.63, 3.8) is 0 Å². The Hall–Kier alpha value is -3.16. The normalized spacial score (nSPS) is 18.2. The van der Waals surface area contributed by atoms with E-state index in [4.69, 9.17) is 14.2 Å². The fourth-order valence-electron chi connectivity index (χ4n) is 4.39. The molecule has 0 aliphatic carbocycles. The number of hydrogen-bond donors (Lipinski definition) is 0. The van der Waals surface area contributed by atoms with Gasteiger partial charge in [-0.25, -0.2) is 4.39 Å². The molecule has 0 spiro atoms. The van der Waals surface area contributed by atoms with Crippen LogP contribution in [0.25, 0.3) is 10.8 Å². The third kappa shape index (κ3) is 6.04. The fraction of sp³-hybridized carbons (Fsp3) is 0.370. The summed E-state index contributed by atoms with van der Waals surface area (Å²) in [5.41, 5.74) is 1.92. The number of amides is 1. The van der Waals surface area contributed by atoms with Crippen LogP contribution < -0.4 is 9.84 Å². The van der Waals surface area contributed by atoms with Gasteiger partial charge in [-0.1, -0.05) is 30.3 Å². The highest BCUT2D eigenvalue weighted by molar-refractivity contribution is 5.84. The Kier molecular flexibility index (Phi) is 7.98. The molecule has 3 aromatic carbocycles. The molecule has 1 amide bonds. The van der Waals surface area contributed by atoms with Gasteiger partial charge in [-0.3, -0.25) is 0 Å². The zero-order valence-corrected chi connectivity index (χ0v) is 19.2. The second kappa shape index (κ2) is 11.3. The number of nitrogens with zero attached hydrogens (tertiary/aromatic N) is 1. The topological polar surface area (TPSA) is 71.1 Å².